The van der Waals surface area contributed by atoms with E-state index < -0.39 is 0 Å². The fourth-order valence-corrected chi connectivity index (χ4v) is 3.02. The largest absolute Gasteiger partial charge is 0.376 e. The Labute approximate surface area is 151 Å². The van der Waals surface area contributed by atoms with Crippen LogP contribution in [-0.2, 0) is 4.74 Å². The number of amides is 1. The first kappa shape index (κ1) is 16.5. The number of ether oxygens (including phenoxy) is 1. The van der Waals surface area contributed by atoms with E-state index in [1.54, 1.807) is 4.68 Å². The Bertz CT molecular complexity index is 814. The number of nitrogens with one attached hydrogen (secondary N) is 1. The van der Waals surface area contributed by atoms with Crippen LogP contribution in [0.25, 0.3) is 17.1 Å². The first-order chi connectivity index (χ1) is 12.8. The van der Waals surface area contributed by atoms with E-state index in [1.165, 1.54) is 0 Å². The number of carbonyl (C=O) groups excluding carboxylic acids is 1. The molecule has 2 heterocycles. The van der Waals surface area contributed by atoms with E-state index in [1.807, 2.05) is 60.7 Å². The molecule has 1 saturated heterocycles. The predicted molar refractivity (Wildman–Crippen MR) is 98.1 cm³/mol. The monoisotopic (exact) mass is 348 g/mol. The minimum Gasteiger partial charge on any atom is -0.376 e. The molecule has 1 amide bonds. The second-order valence-corrected chi connectivity index (χ2v) is 6.22. The number of carbonyl (C=O) groups is 1. The van der Waals surface area contributed by atoms with Gasteiger partial charge >= 0.3 is 0 Å². The van der Waals surface area contributed by atoms with Crippen LogP contribution >= 0.6 is 0 Å². The van der Waals surface area contributed by atoms with E-state index in [0.717, 1.165) is 30.7 Å². The number of aromatic nitrogens is 3. The Morgan fingerprint density at radius 2 is 1.85 bits per heavy atom. The molecular weight excluding hydrogens is 328 g/mol. The zero-order valence-corrected chi connectivity index (χ0v) is 14.3. The highest BCUT2D eigenvalue weighted by atomic mass is 16.5. The third-order valence-electron chi connectivity index (χ3n) is 4.36. The molecule has 26 heavy (non-hydrogen) atoms. The first-order valence-electron chi connectivity index (χ1n) is 8.79. The average Bonchev–Trinajstić information content (AvgIpc) is 3.37. The summed E-state index contributed by atoms with van der Waals surface area (Å²) in [6.07, 6.45) is 2.10. The van der Waals surface area contributed by atoms with Crippen LogP contribution < -0.4 is 5.32 Å². The molecule has 3 aromatic rings. The fraction of sp³-hybridized carbons (Fsp3) is 0.250. The van der Waals surface area contributed by atoms with Crippen LogP contribution in [0.1, 0.15) is 23.5 Å². The molecule has 0 unspecified atom stereocenters. The Hall–Kier alpha value is -2.99. The Balaban J connectivity index is 1.63. The van der Waals surface area contributed by atoms with Crippen LogP contribution in [0.3, 0.4) is 0 Å². The van der Waals surface area contributed by atoms with Gasteiger partial charge in [-0.2, -0.15) is 0 Å². The van der Waals surface area contributed by atoms with Gasteiger partial charge in [-0.25, -0.2) is 9.67 Å². The molecule has 0 spiro atoms. The lowest BCUT2D eigenvalue weighted by Gasteiger charge is -2.08. The molecule has 1 atom stereocenters. The topological polar surface area (TPSA) is 69.0 Å². The molecule has 1 aliphatic heterocycles. The fourth-order valence-electron chi connectivity index (χ4n) is 3.02. The van der Waals surface area contributed by atoms with Crippen LogP contribution in [0, 0.1) is 0 Å². The zero-order chi connectivity index (χ0) is 17.8. The van der Waals surface area contributed by atoms with Gasteiger partial charge in [0.2, 0.25) is 5.82 Å². The van der Waals surface area contributed by atoms with Gasteiger partial charge in [-0.3, -0.25) is 4.79 Å². The normalized spacial score (nSPS) is 16.5. The number of rotatable bonds is 5. The maximum Gasteiger partial charge on any atom is 0.291 e. The van der Waals surface area contributed by atoms with E-state index in [9.17, 15) is 4.79 Å². The Morgan fingerprint density at radius 1 is 1.12 bits per heavy atom. The van der Waals surface area contributed by atoms with Gasteiger partial charge in [0.05, 0.1) is 11.8 Å². The number of para-hydroxylation sites is 1. The summed E-state index contributed by atoms with van der Waals surface area (Å²) in [5.74, 6) is 0.511. The van der Waals surface area contributed by atoms with Crippen molar-refractivity contribution in [1.82, 2.24) is 20.1 Å². The van der Waals surface area contributed by atoms with Crippen molar-refractivity contribution in [3.8, 4) is 17.1 Å². The minimum absolute atomic E-state index is 0.0868. The smallest absolute Gasteiger partial charge is 0.291 e. The number of hydrogen-bond donors (Lipinski definition) is 1. The Morgan fingerprint density at radius 3 is 2.54 bits per heavy atom. The predicted octanol–water partition coefficient (Wildman–Crippen LogP) is 2.84. The molecule has 132 valence electrons. The molecule has 0 radical (unpaired) electrons. The van der Waals surface area contributed by atoms with Gasteiger partial charge in [0.15, 0.2) is 5.82 Å². The van der Waals surface area contributed by atoms with Gasteiger partial charge in [0.25, 0.3) is 5.91 Å². The minimum atomic E-state index is -0.285. The summed E-state index contributed by atoms with van der Waals surface area (Å²) in [6, 6.07) is 19.4. The molecule has 1 N–H and O–H groups in total. The van der Waals surface area contributed by atoms with Gasteiger partial charge in [-0.05, 0) is 25.0 Å². The summed E-state index contributed by atoms with van der Waals surface area (Å²) >= 11 is 0. The van der Waals surface area contributed by atoms with Crippen molar-refractivity contribution in [2.45, 2.75) is 18.9 Å². The van der Waals surface area contributed by atoms with E-state index >= 15 is 0 Å². The van der Waals surface area contributed by atoms with Crippen molar-refractivity contribution >= 4 is 5.91 Å². The third kappa shape index (κ3) is 3.50. The lowest BCUT2D eigenvalue weighted by Crippen LogP contribution is -2.32. The Kier molecular flexibility index (Phi) is 4.75. The summed E-state index contributed by atoms with van der Waals surface area (Å²) in [7, 11) is 0. The van der Waals surface area contributed by atoms with Gasteiger partial charge < -0.3 is 10.1 Å². The molecule has 0 aliphatic carbocycles. The zero-order valence-electron chi connectivity index (χ0n) is 14.3. The number of benzene rings is 2. The maximum absolute atomic E-state index is 12.5. The van der Waals surface area contributed by atoms with Crippen LogP contribution in [-0.4, -0.2) is 39.9 Å². The van der Waals surface area contributed by atoms with Crippen LogP contribution in [0.5, 0.6) is 0 Å². The van der Waals surface area contributed by atoms with Crippen molar-refractivity contribution < 1.29 is 9.53 Å². The molecular formula is C20H20N4O2. The van der Waals surface area contributed by atoms with E-state index in [2.05, 4.69) is 15.4 Å². The summed E-state index contributed by atoms with van der Waals surface area (Å²) in [6.45, 7) is 1.25. The van der Waals surface area contributed by atoms with E-state index in [0.29, 0.717) is 12.4 Å². The molecule has 2 aromatic carbocycles. The molecule has 6 nitrogen and oxygen atoms in total. The molecule has 1 fully saturated rings. The van der Waals surface area contributed by atoms with Crippen LogP contribution in [0.15, 0.2) is 60.7 Å². The number of hydrogen-bond acceptors (Lipinski definition) is 4. The lowest BCUT2D eigenvalue weighted by molar-refractivity contribution is 0.0849. The van der Waals surface area contributed by atoms with Gasteiger partial charge in [0, 0.05) is 18.7 Å². The standard InChI is InChI=1S/C20H20N4O2/c25-20(21-14-17-12-7-13-26-17)18-22-19(15-8-3-1-4-9-15)24(23-18)16-10-5-2-6-11-16/h1-6,8-11,17H,7,12-14H2,(H,21,25)/t17-/m1/s1. The average molecular weight is 348 g/mol. The van der Waals surface area contributed by atoms with Crippen LogP contribution in [0.2, 0.25) is 0 Å². The van der Waals surface area contributed by atoms with Gasteiger partial charge in [0.1, 0.15) is 0 Å². The first-order valence-corrected chi connectivity index (χ1v) is 8.79. The quantitative estimate of drug-likeness (QED) is 0.770. The highest BCUT2D eigenvalue weighted by molar-refractivity contribution is 5.91. The second kappa shape index (κ2) is 7.49. The van der Waals surface area contributed by atoms with Crippen molar-refractivity contribution in [1.29, 1.82) is 0 Å². The molecule has 4 rings (SSSR count). The second-order valence-electron chi connectivity index (χ2n) is 6.22. The van der Waals surface area contributed by atoms with Crippen molar-refractivity contribution in [3.63, 3.8) is 0 Å². The van der Waals surface area contributed by atoms with E-state index in [-0.39, 0.29) is 17.8 Å². The van der Waals surface area contributed by atoms with E-state index in [4.69, 9.17) is 4.74 Å². The lowest BCUT2D eigenvalue weighted by atomic mass is 10.2. The van der Waals surface area contributed by atoms with Crippen molar-refractivity contribution in [3.05, 3.63) is 66.5 Å². The van der Waals surface area contributed by atoms with Crippen molar-refractivity contribution in [2.24, 2.45) is 0 Å². The molecule has 1 aliphatic rings. The molecule has 1 aromatic heterocycles. The summed E-state index contributed by atoms with van der Waals surface area (Å²) in [5, 5.41) is 7.34. The summed E-state index contributed by atoms with van der Waals surface area (Å²) < 4.78 is 7.25. The van der Waals surface area contributed by atoms with Gasteiger partial charge in [-0.15, -0.1) is 5.10 Å². The third-order valence-corrected chi connectivity index (χ3v) is 4.36. The SMILES string of the molecule is O=C(NC[C@H]1CCCO1)c1nc(-c2ccccc2)n(-c2ccccc2)n1. The molecule has 0 bridgehead atoms. The summed E-state index contributed by atoms with van der Waals surface area (Å²) in [4.78, 5) is 17.0. The van der Waals surface area contributed by atoms with Gasteiger partial charge in [-0.1, -0.05) is 48.5 Å². The van der Waals surface area contributed by atoms with Crippen LogP contribution in [0.4, 0.5) is 0 Å². The highest BCUT2D eigenvalue weighted by Gasteiger charge is 2.21. The molecule has 0 saturated carbocycles. The number of nitrogens with zero attached hydrogens (tertiary/aromatic N) is 3. The highest BCUT2D eigenvalue weighted by Crippen LogP contribution is 2.21. The van der Waals surface area contributed by atoms with Crippen molar-refractivity contribution in [2.75, 3.05) is 13.2 Å². The summed E-state index contributed by atoms with van der Waals surface area (Å²) in [5.41, 5.74) is 1.76. The maximum atomic E-state index is 12.5. The molecule has 6 heteroatoms.